The first-order valence-electron chi connectivity index (χ1n) is 10.6. The zero-order chi connectivity index (χ0) is 24.2. The van der Waals surface area contributed by atoms with E-state index in [1.54, 1.807) is 35.8 Å². The highest BCUT2D eigenvalue weighted by atomic mass is 32.2. The van der Waals surface area contributed by atoms with Gasteiger partial charge in [0.25, 0.3) is 5.56 Å². The summed E-state index contributed by atoms with van der Waals surface area (Å²) in [5.74, 6) is -0.316. The molecule has 1 atom stereocenters. The Bertz CT molecular complexity index is 1320. The third-order valence-electron chi connectivity index (χ3n) is 5.09. The Balaban J connectivity index is 1.85. The van der Waals surface area contributed by atoms with Gasteiger partial charge in [-0.3, -0.25) is 14.2 Å². The van der Waals surface area contributed by atoms with Crippen molar-refractivity contribution < 1.29 is 13.2 Å². The van der Waals surface area contributed by atoms with Gasteiger partial charge in [0.15, 0.2) is 5.16 Å². The summed E-state index contributed by atoms with van der Waals surface area (Å²) < 4.78 is 27.5. The molecule has 0 spiro atoms. The van der Waals surface area contributed by atoms with E-state index in [1.807, 2.05) is 19.1 Å². The van der Waals surface area contributed by atoms with Gasteiger partial charge in [0.1, 0.15) is 0 Å². The van der Waals surface area contributed by atoms with E-state index >= 15 is 0 Å². The van der Waals surface area contributed by atoms with Crippen LogP contribution in [0, 0.1) is 0 Å². The van der Waals surface area contributed by atoms with Crippen LogP contribution >= 0.6 is 11.8 Å². The second kappa shape index (κ2) is 10.5. The van der Waals surface area contributed by atoms with Crippen molar-refractivity contribution in [1.82, 2.24) is 13.9 Å². The number of amides is 1. The predicted octanol–water partition coefficient (Wildman–Crippen LogP) is 3.57. The van der Waals surface area contributed by atoms with Crippen LogP contribution in [-0.4, -0.2) is 47.5 Å². The molecule has 0 saturated carbocycles. The van der Waals surface area contributed by atoms with Crippen molar-refractivity contribution in [3.63, 3.8) is 0 Å². The molecule has 0 radical (unpaired) electrons. The number of hydrogen-bond acceptors (Lipinski definition) is 6. The number of carbonyl (C=O) groups is 1. The molecule has 0 saturated heterocycles. The van der Waals surface area contributed by atoms with E-state index in [4.69, 9.17) is 0 Å². The number of sulfonamides is 1. The van der Waals surface area contributed by atoms with Gasteiger partial charge in [-0.2, -0.15) is 0 Å². The fraction of sp³-hybridized carbons (Fsp3) is 0.348. The lowest BCUT2D eigenvalue weighted by atomic mass is 10.2. The SMILES string of the molecule is CCCCn1c(SC(C)C(=O)Nc2cccc(S(=O)(=O)N(C)C)c2)nc2ccccc2c1=O. The molecule has 0 fully saturated rings. The second-order valence-corrected chi connectivity index (χ2v) is 11.2. The third-order valence-corrected chi connectivity index (χ3v) is 7.99. The molecule has 0 aliphatic rings. The average molecular weight is 489 g/mol. The quantitative estimate of drug-likeness (QED) is 0.365. The number of fused-ring (bicyclic) bond motifs is 1. The van der Waals surface area contributed by atoms with Gasteiger partial charge in [-0.1, -0.05) is 43.3 Å². The number of hydrogen-bond donors (Lipinski definition) is 1. The number of para-hydroxylation sites is 1. The lowest BCUT2D eigenvalue weighted by molar-refractivity contribution is -0.115. The van der Waals surface area contributed by atoms with Crippen molar-refractivity contribution in [3.8, 4) is 0 Å². The number of thioether (sulfide) groups is 1. The Morgan fingerprint density at radius 2 is 1.91 bits per heavy atom. The largest absolute Gasteiger partial charge is 0.325 e. The molecule has 0 bridgehead atoms. The van der Waals surface area contributed by atoms with Crippen molar-refractivity contribution in [1.29, 1.82) is 0 Å². The zero-order valence-corrected chi connectivity index (χ0v) is 20.7. The number of benzene rings is 2. The molecule has 10 heteroatoms. The van der Waals surface area contributed by atoms with Crippen LogP contribution in [0.1, 0.15) is 26.7 Å². The number of nitrogens with zero attached hydrogens (tertiary/aromatic N) is 3. The summed E-state index contributed by atoms with van der Waals surface area (Å²) in [6, 6.07) is 13.3. The Labute approximate surface area is 198 Å². The Morgan fingerprint density at radius 1 is 1.18 bits per heavy atom. The monoisotopic (exact) mass is 488 g/mol. The van der Waals surface area contributed by atoms with Gasteiger partial charge >= 0.3 is 0 Å². The van der Waals surface area contributed by atoms with E-state index in [1.165, 1.54) is 38.0 Å². The van der Waals surface area contributed by atoms with Crippen molar-refractivity contribution in [2.24, 2.45) is 0 Å². The Morgan fingerprint density at radius 3 is 2.61 bits per heavy atom. The van der Waals surface area contributed by atoms with Crippen LogP contribution in [0.2, 0.25) is 0 Å². The molecule has 8 nitrogen and oxygen atoms in total. The Hall–Kier alpha value is -2.69. The van der Waals surface area contributed by atoms with Gasteiger partial charge in [-0.25, -0.2) is 17.7 Å². The number of unbranched alkanes of at least 4 members (excludes halogenated alkanes) is 1. The standard InChI is InChI=1S/C23H28N4O4S2/c1-5-6-14-27-22(29)19-12-7-8-13-20(19)25-23(27)32-16(2)21(28)24-17-10-9-11-18(15-17)33(30,31)26(3)4/h7-13,15-16H,5-6,14H2,1-4H3,(H,24,28). The maximum atomic E-state index is 13.0. The lowest BCUT2D eigenvalue weighted by Crippen LogP contribution is -2.27. The van der Waals surface area contributed by atoms with Gasteiger partial charge in [0, 0.05) is 26.3 Å². The number of aromatic nitrogens is 2. The van der Waals surface area contributed by atoms with Gasteiger partial charge < -0.3 is 5.32 Å². The summed E-state index contributed by atoms with van der Waals surface area (Å²) in [6.07, 6.45) is 1.74. The van der Waals surface area contributed by atoms with Crippen molar-refractivity contribution in [2.75, 3.05) is 19.4 Å². The van der Waals surface area contributed by atoms with E-state index in [2.05, 4.69) is 10.3 Å². The van der Waals surface area contributed by atoms with E-state index in [9.17, 15) is 18.0 Å². The van der Waals surface area contributed by atoms with Gasteiger partial charge in [0.2, 0.25) is 15.9 Å². The smallest absolute Gasteiger partial charge is 0.262 e. The summed E-state index contributed by atoms with van der Waals surface area (Å²) in [5.41, 5.74) is 0.850. The van der Waals surface area contributed by atoms with Crippen molar-refractivity contribution in [2.45, 2.75) is 48.5 Å². The van der Waals surface area contributed by atoms with Gasteiger partial charge in [-0.15, -0.1) is 0 Å². The molecule has 1 heterocycles. The van der Waals surface area contributed by atoms with Gasteiger partial charge in [-0.05, 0) is 43.7 Å². The summed E-state index contributed by atoms with van der Waals surface area (Å²) in [6.45, 7) is 4.30. The predicted molar refractivity (Wildman–Crippen MR) is 132 cm³/mol. The molecule has 0 aliphatic carbocycles. The number of anilines is 1. The molecular weight excluding hydrogens is 460 g/mol. The first kappa shape index (κ1) is 24.9. The van der Waals surface area contributed by atoms with Crippen LogP contribution < -0.4 is 10.9 Å². The van der Waals surface area contributed by atoms with Crippen molar-refractivity contribution in [3.05, 3.63) is 58.9 Å². The molecule has 1 aromatic heterocycles. The zero-order valence-electron chi connectivity index (χ0n) is 19.1. The summed E-state index contributed by atoms with van der Waals surface area (Å²) in [5, 5.41) is 3.24. The topological polar surface area (TPSA) is 101 Å². The number of nitrogens with one attached hydrogen (secondary N) is 1. The van der Waals surface area contributed by atoms with E-state index in [0.717, 1.165) is 17.1 Å². The maximum absolute atomic E-state index is 13.0. The first-order valence-corrected chi connectivity index (χ1v) is 13.0. The van der Waals surface area contributed by atoms with Crippen LogP contribution in [-0.2, 0) is 21.4 Å². The molecular formula is C23H28N4O4S2. The minimum absolute atomic E-state index is 0.0928. The number of carbonyl (C=O) groups excluding carboxylic acids is 1. The molecule has 33 heavy (non-hydrogen) atoms. The number of rotatable bonds is 9. The van der Waals surface area contributed by atoms with Crippen LogP contribution in [0.4, 0.5) is 5.69 Å². The molecule has 3 rings (SSSR count). The van der Waals surface area contributed by atoms with Crippen molar-refractivity contribution >= 4 is 44.3 Å². The van der Waals surface area contributed by atoms with Crippen LogP contribution in [0.5, 0.6) is 0 Å². The van der Waals surface area contributed by atoms with E-state index in [0.29, 0.717) is 28.3 Å². The average Bonchev–Trinajstić information content (AvgIpc) is 2.79. The molecule has 2 aromatic carbocycles. The fourth-order valence-corrected chi connectivity index (χ4v) is 5.03. The molecule has 1 amide bonds. The van der Waals surface area contributed by atoms with E-state index in [-0.39, 0.29) is 16.4 Å². The first-order chi connectivity index (χ1) is 15.6. The lowest BCUT2D eigenvalue weighted by Gasteiger charge is -2.17. The third kappa shape index (κ3) is 5.63. The van der Waals surface area contributed by atoms with Crippen LogP contribution in [0.3, 0.4) is 0 Å². The minimum atomic E-state index is -3.62. The van der Waals surface area contributed by atoms with E-state index < -0.39 is 15.3 Å². The summed E-state index contributed by atoms with van der Waals surface area (Å²) in [4.78, 5) is 30.6. The highest BCUT2D eigenvalue weighted by Gasteiger charge is 2.21. The molecule has 176 valence electrons. The Kier molecular flexibility index (Phi) is 7.93. The molecule has 1 unspecified atom stereocenters. The molecule has 1 N–H and O–H groups in total. The van der Waals surface area contributed by atoms with Crippen LogP contribution in [0.15, 0.2) is 63.4 Å². The highest BCUT2D eigenvalue weighted by molar-refractivity contribution is 8.00. The molecule has 3 aromatic rings. The minimum Gasteiger partial charge on any atom is -0.325 e. The maximum Gasteiger partial charge on any atom is 0.262 e. The fourth-order valence-electron chi connectivity index (χ4n) is 3.15. The normalized spacial score (nSPS) is 12.8. The van der Waals surface area contributed by atoms with Gasteiger partial charge in [0.05, 0.1) is 21.0 Å². The van der Waals surface area contributed by atoms with Crippen LogP contribution in [0.25, 0.3) is 10.9 Å². The molecule has 0 aliphatic heterocycles. The highest BCUT2D eigenvalue weighted by Crippen LogP contribution is 2.25. The summed E-state index contributed by atoms with van der Waals surface area (Å²) >= 11 is 1.20. The second-order valence-electron chi connectivity index (χ2n) is 7.79. The summed E-state index contributed by atoms with van der Waals surface area (Å²) in [7, 11) is -0.711.